The normalized spacial score (nSPS) is 25.8. The van der Waals surface area contributed by atoms with Crippen LogP contribution in [-0.4, -0.2) is 51.6 Å². The molecule has 176 valence electrons. The minimum absolute atomic E-state index is 0.110. The maximum atomic E-state index is 12.9. The lowest BCUT2D eigenvalue weighted by Gasteiger charge is -2.36. The van der Waals surface area contributed by atoms with Gasteiger partial charge < -0.3 is 25.0 Å². The summed E-state index contributed by atoms with van der Waals surface area (Å²) in [6.07, 6.45) is 7.38. The second-order valence-electron chi connectivity index (χ2n) is 8.41. The van der Waals surface area contributed by atoms with Crippen molar-refractivity contribution in [3.8, 4) is 5.75 Å². The molecule has 7 nitrogen and oxygen atoms in total. The molecule has 1 saturated heterocycles. The highest BCUT2D eigenvalue weighted by atomic mass is 32.2. The highest BCUT2D eigenvalue weighted by molar-refractivity contribution is 8.13. The lowest BCUT2D eigenvalue weighted by Crippen LogP contribution is -2.40. The molecule has 1 amide bonds. The summed E-state index contributed by atoms with van der Waals surface area (Å²) in [4.78, 5) is 24.8. The van der Waals surface area contributed by atoms with E-state index in [1.54, 1.807) is 24.4 Å². The van der Waals surface area contributed by atoms with Gasteiger partial charge in [-0.2, -0.15) is 0 Å². The fraction of sp³-hybridized carbons (Fsp3) is 0.583. The molecule has 1 fully saturated rings. The highest BCUT2D eigenvalue weighted by Gasteiger charge is 2.34. The Morgan fingerprint density at radius 3 is 2.88 bits per heavy atom. The molecule has 1 aromatic rings. The number of phenols is 1. The number of carbonyl (C=O) groups excluding carboxylic acids is 2. The Bertz CT molecular complexity index is 814. The molecule has 0 radical (unpaired) electrons. The van der Waals surface area contributed by atoms with Gasteiger partial charge in [0, 0.05) is 24.8 Å². The summed E-state index contributed by atoms with van der Waals surface area (Å²) in [5.41, 5.74) is 0.803. The van der Waals surface area contributed by atoms with Crippen molar-refractivity contribution >= 4 is 23.0 Å². The Labute approximate surface area is 193 Å². The summed E-state index contributed by atoms with van der Waals surface area (Å²) < 4.78 is 11.9. The third-order valence-corrected chi connectivity index (χ3v) is 6.61. The zero-order valence-electron chi connectivity index (χ0n) is 18.5. The lowest BCUT2D eigenvalue weighted by molar-refractivity contribution is -0.109. The van der Waals surface area contributed by atoms with Gasteiger partial charge in [-0.15, -0.1) is 0 Å². The number of cyclic esters (lactones) is 1. The van der Waals surface area contributed by atoms with Gasteiger partial charge in [-0.1, -0.05) is 49.7 Å². The van der Waals surface area contributed by atoms with E-state index in [1.165, 1.54) is 17.8 Å². The summed E-state index contributed by atoms with van der Waals surface area (Å²) in [7, 11) is 0. The maximum absolute atomic E-state index is 12.9. The average Bonchev–Trinajstić information content (AvgIpc) is 2.73. The number of hydrogen-bond donors (Lipinski definition) is 3. The monoisotopic (exact) mass is 463 g/mol. The van der Waals surface area contributed by atoms with Gasteiger partial charge in [0.05, 0.1) is 18.3 Å². The van der Waals surface area contributed by atoms with Gasteiger partial charge >= 0.3 is 5.97 Å². The SMILES string of the molecule is CCCCCSC(=O)N/C=C/CC1CC2CC(O)CC(Cc3cccc(O)c3C(=O)O1)O2. The summed E-state index contributed by atoms with van der Waals surface area (Å²) in [5.74, 6) is 0.106. The van der Waals surface area contributed by atoms with E-state index in [0.717, 1.165) is 25.0 Å². The van der Waals surface area contributed by atoms with Gasteiger partial charge in [-0.25, -0.2) is 4.79 Å². The molecule has 3 N–H and O–H groups in total. The standard InChI is InChI=1S/C24H33NO6S/c1-2-3-4-11-32-24(29)25-10-6-8-18-15-20-14-17(26)13-19(30-20)12-16-7-5-9-21(27)22(16)23(28)31-18/h5-7,9-10,17-20,26-27H,2-4,8,11-15H2,1H3,(H,25,29)/b10-6+. The van der Waals surface area contributed by atoms with Crippen LogP contribution in [0.2, 0.25) is 0 Å². The van der Waals surface area contributed by atoms with Gasteiger partial charge in [-0.3, -0.25) is 4.79 Å². The van der Waals surface area contributed by atoms with Crippen molar-refractivity contribution in [1.29, 1.82) is 0 Å². The minimum atomic E-state index is -0.562. The summed E-state index contributed by atoms with van der Waals surface area (Å²) in [5, 5.41) is 23.2. The molecule has 2 heterocycles. The first-order valence-electron chi connectivity index (χ1n) is 11.4. The van der Waals surface area contributed by atoms with Crippen LogP contribution >= 0.6 is 11.8 Å². The fourth-order valence-electron chi connectivity index (χ4n) is 4.21. The van der Waals surface area contributed by atoms with Crippen LogP contribution in [0.15, 0.2) is 30.5 Å². The van der Waals surface area contributed by atoms with Gasteiger partial charge in [0.25, 0.3) is 5.24 Å². The van der Waals surface area contributed by atoms with Crippen molar-refractivity contribution < 1.29 is 29.3 Å². The Morgan fingerprint density at radius 1 is 1.25 bits per heavy atom. The molecule has 8 heteroatoms. The first-order chi connectivity index (χ1) is 15.5. The summed E-state index contributed by atoms with van der Waals surface area (Å²) >= 11 is 1.26. The molecular weight excluding hydrogens is 430 g/mol. The number of aliphatic hydroxyl groups excluding tert-OH is 1. The number of ether oxygens (including phenoxy) is 2. The average molecular weight is 464 g/mol. The number of aliphatic hydroxyl groups is 1. The van der Waals surface area contributed by atoms with Crippen LogP contribution < -0.4 is 5.32 Å². The smallest absolute Gasteiger partial charge is 0.342 e. The topological polar surface area (TPSA) is 105 Å². The first kappa shape index (κ1) is 24.6. The van der Waals surface area contributed by atoms with E-state index in [4.69, 9.17) is 9.47 Å². The Balaban J connectivity index is 1.65. The van der Waals surface area contributed by atoms with Crippen LogP contribution in [0.1, 0.15) is 67.8 Å². The predicted molar refractivity (Wildman–Crippen MR) is 124 cm³/mol. The number of phenolic OH excluding ortho intramolecular Hbond substituents is 1. The Kier molecular flexibility index (Phi) is 9.44. The number of unbranched alkanes of at least 4 members (excludes halogenated alkanes) is 2. The zero-order chi connectivity index (χ0) is 22.9. The van der Waals surface area contributed by atoms with E-state index >= 15 is 0 Å². The molecule has 0 saturated carbocycles. The number of nitrogens with one attached hydrogen (secondary N) is 1. The number of carbonyl (C=O) groups is 2. The third-order valence-electron chi connectivity index (χ3n) is 5.73. The largest absolute Gasteiger partial charge is 0.507 e. The van der Waals surface area contributed by atoms with Gasteiger partial charge in [0.2, 0.25) is 0 Å². The van der Waals surface area contributed by atoms with E-state index in [1.807, 2.05) is 0 Å². The molecule has 1 aromatic carbocycles. The molecule has 2 aliphatic rings. The van der Waals surface area contributed by atoms with Crippen LogP contribution in [0.25, 0.3) is 0 Å². The molecule has 32 heavy (non-hydrogen) atoms. The second-order valence-corrected chi connectivity index (χ2v) is 9.48. The van der Waals surface area contributed by atoms with Crippen LogP contribution in [0.3, 0.4) is 0 Å². The quantitative estimate of drug-likeness (QED) is 0.409. The molecular formula is C24H33NO6S. The first-order valence-corrected chi connectivity index (χ1v) is 12.4. The van der Waals surface area contributed by atoms with Gasteiger partial charge in [0.1, 0.15) is 17.4 Å². The molecule has 2 bridgehead atoms. The second kappa shape index (κ2) is 12.3. The Hall–Kier alpha value is -2.03. The number of esters is 1. The molecule has 2 aliphatic heterocycles. The number of amides is 1. The zero-order valence-corrected chi connectivity index (χ0v) is 19.3. The Morgan fingerprint density at radius 2 is 2.06 bits per heavy atom. The number of fused-ring (bicyclic) bond motifs is 3. The molecule has 4 unspecified atom stereocenters. The molecule has 3 rings (SSSR count). The molecule has 0 aromatic heterocycles. The van der Waals surface area contributed by atoms with Crippen LogP contribution in [0, 0.1) is 0 Å². The predicted octanol–water partition coefficient (Wildman–Crippen LogP) is 4.31. The number of benzene rings is 1. The van der Waals surface area contributed by atoms with Gasteiger partial charge in [0.15, 0.2) is 0 Å². The van der Waals surface area contributed by atoms with E-state index in [0.29, 0.717) is 37.7 Å². The molecule has 0 spiro atoms. The summed E-state index contributed by atoms with van der Waals surface area (Å²) in [6, 6.07) is 4.93. The summed E-state index contributed by atoms with van der Waals surface area (Å²) in [6.45, 7) is 2.12. The lowest BCUT2D eigenvalue weighted by atomic mass is 9.91. The van der Waals surface area contributed by atoms with Crippen LogP contribution in [0.4, 0.5) is 4.79 Å². The number of hydrogen-bond acceptors (Lipinski definition) is 7. The third kappa shape index (κ3) is 7.25. The minimum Gasteiger partial charge on any atom is -0.507 e. The van der Waals surface area contributed by atoms with Crippen molar-refractivity contribution in [1.82, 2.24) is 5.32 Å². The van der Waals surface area contributed by atoms with E-state index in [-0.39, 0.29) is 28.8 Å². The van der Waals surface area contributed by atoms with Crippen molar-refractivity contribution in [2.24, 2.45) is 0 Å². The van der Waals surface area contributed by atoms with E-state index in [2.05, 4.69) is 12.2 Å². The van der Waals surface area contributed by atoms with Crippen molar-refractivity contribution in [3.05, 3.63) is 41.6 Å². The maximum Gasteiger partial charge on any atom is 0.342 e. The van der Waals surface area contributed by atoms with Crippen molar-refractivity contribution in [2.45, 2.75) is 82.7 Å². The molecule has 0 aliphatic carbocycles. The van der Waals surface area contributed by atoms with Gasteiger partial charge in [-0.05, 0) is 37.3 Å². The van der Waals surface area contributed by atoms with E-state index < -0.39 is 18.2 Å². The van der Waals surface area contributed by atoms with Crippen LogP contribution in [-0.2, 0) is 15.9 Å². The fourth-order valence-corrected chi connectivity index (χ4v) is 4.89. The van der Waals surface area contributed by atoms with Crippen molar-refractivity contribution in [2.75, 3.05) is 5.75 Å². The molecule has 4 atom stereocenters. The number of thioether (sulfide) groups is 1. The van der Waals surface area contributed by atoms with E-state index in [9.17, 15) is 19.8 Å². The highest BCUT2D eigenvalue weighted by Crippen LogP contribution is 2.32. The number of rotatable bonds is 7. The van der Waals surface area contributed by atoms with Crippen LogP contribution in [0.5, 0.6) is 5.75 Å². The van der Waals surface area contributed by atoms with Crippen molar-refractivity contribution in [3.63, 3.8) is 0 Å². The number of aromatic hydroxyl groups is 1.